The molecule has 0 radical (unpaired) electrons. The number of anilines is 1. The molecule has 2 rings (SSSR count). The van der Waals surface area contributed by atoms with Gasteiger partial charge in [-0.1, -0.05) is 13.8 Å². The van der Waals surface area contributed by atoms with E-state index in [0.717, 1.165) is 35.6 Å². The van der Waals surface area contributed by atoms with Gasteiger partial charge in [-0.2, -0.15) is 16.7 Å². The van der Waals surface area contributed by atoms with Gasteiger partial charge in [0.1, 0.15) is 5.82 Å². The molecule has 0 atom stereocenters. The number of hydrogen-bond acceptors (Lipinski definition) is 4. The second-order valence-electron chi connectivity index (χ2n) is 4.66. The van der Waals surface area contributed by atoms with Crippen LogP contribution in [0.1, 0.15) is 20.3 Å². The first-order valence-corrected chi connectivity index (χ1v) is 7.70. The van der Waals surface area contributed by atoms with Crippen molar-refractivity contribution in [3.05, 3.63) is 16.0 Å². The fourth-order valence-electron chi connectivity index (χ4n) is 1.79. The van der Waals surface area contributed by atoms with E-state index >= 15 is 0 Å². The van der Waals surface area contributed by atoms with Crippen LogP contribution in [-0.4, -0.2) is 33.6 Å². The summed E-state index contributed by atoms with van der Waals surface area (Å²) in [6, 6.07) is 0. The van der Waals surface area contributed by atoms with E-state index in [1.54, 1.807) is 6.20 Å². The van der Waals surface area contributed by atoms with Crippen molar-refractivity contribution in [3.63, 3.8) is 0 Å². The van der Waals surface area contributed by atoms with Crippen molar-refractivity contribution in [2.24, 2.45) is 0 Å². The van der Waals surface area contributed by atoms with E-state index < -0.39 is 0 Å². The normalized spacial score (nSPS) is 20.1. The van der Waals surface area contributed by atoms with Gasteiger partial charge in [0.25, 0.3) is 0 Å². The first-order valence-electron chi connectivity index (χ1n) is 5.55. The number of aromatic nitrogens is 2. The molecule has 1 aliphatic heterocycles. The Morgan fingerprint density at radius 3 is 3.00 bits per heavy atom. The Bertz CT molecular complexity index is 414. The molecule has 0 bridgehead atoms. The summed E-state index contributed by atoms with van der Waals surface area (Å²) in [6.07, 6.45) is 2.86. The van der Waals surface area contributed by atoms with Crippen LogP contribution in [0, 0.1) is 0 Å². The quantitative estimate of drug-likeness (QED) is 0.733. The summed E-state index contributed by atoms with van der Waals surface area (Å²) in [5.74, 6) is 2.02. The minimum atomic E-state index is 0.305. The minimum absolute atomic E-state index is 0.305. The molecule has 6 heteroatoms. The van der Waals surface area contributed by atoms with Crippen LogP contribution in [0.15, 0.2) is 10.7 Å². The summed E-state index contributed by atoms with van der Waals surface area (Å²) in [5, 5.41) is 0.305. The zero-order valence-corrected chi connectivity index (χ0v) is 13.1. The van der Waals surface area contributed by atoms with Gasteiger partial charge >= 0.3 is 0 Å². The predicted molar refractivity (Wildman–Crippen MR) is 78.1 cm³/mol. The number of rotatable bonds is 1. The number of thioether (sulfide) groups is 1. The molecule has 2 heterocycles. The maximum atomic E-state index is 5.86. The Hall–Kier alpha value is -0.000000000000000111. The fraction of sp³-hybridized carbons (Fsp3) is 0.636. The third-order valence-electron chi connectivity index (χ3n) is 2.83. The summed E-state index contributed by atoms with van der Waals surface area (Å²) in [5.41, 5.74) is 0. The van der Waals surface area contributed by atoms with Crippen LogP contribution in [0.25, 0.3) is 0 Å². The molecule has 0 aliphatic carbocycles. The highest BCUT2D eigenvalue weighted by molar-refractivity contribution is 9.10. The van der Waals surface area contributed by atoms with Gasteiger partial charge in [-0.15, -0.1) is 0 Å². The van der Waals surface area contributed by atoms with Crippen molar-refractivity contribution < 1.29 is 0 Å². The molecular formula is C11H15BrClN3S. The highest BCUT2D eigenvalue weighted by atomic mass is 79.9. The summed E-state index contributed by atoms with van der Waals surface area (Å²) >= 11 is 11.4. The maximum absolute atomic E-state index is 5.86. The molecule has 1 fully saturated rings. The van der Waals surface area contributed by atoms with Gasteiger partial charge in [-0.3, -0.25) is 0 Å². The lowest BCUT2D eigenvalue weighted by molar-refractivity contribution is 0.634. The molecular weight excluding hydrogens is 322 g/mol. The number of nitrogens with zero attached hydrogens (tertiary/aromatic N) is 3. The molecule has 0 saturated carbocycles. The molecule has 0 N–H and O–H groups in total. The second kappa shape index (κ2) is 5.33. The van der Waals surface area contributed by atoms with Crippen molar-refractivity contribution in [2.75, 3.05) is 23.7 Å². The SMILES string of the molecule is CC1(C)CCN(c2nc(Cl)ncc2Br)CCS1. The number of halogens is 2. The maximum Gasteiger partial charge on any atom is 0.224 e. The largest absolute Gasteiger partial charge is 0.355 e. The van der Waals surface area contributed by atoms with Gasteiger partial charge < -0.3 is 4.90 Å². The summed E-state index contributed by atoms with van der Waals surface area (Å²) < 4.78 is 1.25. The molecule has 1 aromatic heterocycles. The molecule has 3 nitrogen and oxygen atoms in total. The van der Waals surface area contributed by atoms with Gasteiger partial charge in [0, 0.05) is 29.8 Å². The zero-order chi connectivity index (χ0) is 12.5. The van der Waals surface area contributed by atoms with Crippen LogP contribution in [0.5, 0.6) is 0 Å². The Kier molecular flexibility index (Phi) is 4.21. The van der Waals surface area contributed by atoms with E-state index in [2.05, 4.69) is 44.6 Å². The van der Waals surface area contributed by atoms with Crippen LogP contribution in [0.4, 0.5) is 5.82 Å². The summed E-state index contributed by atoms with van der Waals surface area (Å²) in [6.45, 7) is 6.60. The van der Waals surface area contributed by atoms with Crippen LogP contribution < -0.4 is 4.90 Å². The molecule has 0 spiro atoms. The first kappa shape index (κ1) is 13.4. The lowest BCUT2D eigenvalue weighted by atomic mass is 10.1. The van der Waals surface area contributed by atoms with E-state index in [0.29, 0.717) is 10.0 Å². The molecule has 1 aromatic rings. The first-order chi connectivity index (χ1) is 7.98. The van der Waals surface area contributed by atoms with E-state index in [4.69, 9.17) is 11.6 Å². The van der Waals surface area contributed by atoms with Gasteiger partial charge in [-0.05, 0) is 34.0 Å². The summed E-state index contributed by atoms with van der Waals surface area (Å²) in [7, 11) is 0. The van der Waals surface area contributed by atoms with E-state index in [1.807, 2.05) is 11.8 Å². The zero-order valence-electron chi connectivity index (χ0n) is 9.91. The third-order valence-corrected chi connectivity index (χ3v) is 4.95. The molecule has 1 saturated heterocycles. The van der Waals surface area contributed by atoms with Gasteiger partial charge in [0.15, 0.2) is 0 Å². The van der Waals surface area contributed by atoms with Gasteiger partial charge in [0.05, 0.1) is 4.47 Å². The van der Waals surface area contributed by atoms with Gasteiger partial charge in [0.2, 0.25) is 5.28 Å². The third kappa shape index (κ3) is 3.48. The number of hydrogen-bond donors (Lipinski definition) is 0. The van der Waals surface area contributed by atoms with E-state index in [9.17, 15) is 0 Å². The predicted octanol–water partition coefficient (Wildman–Crippen LogP) is 3.61. The lowest BCUT2D eigenvalue weighted by Crippen LogP contribution is -2.28. The second-order valence-corrected chi connectivity index (χ2v) is 7.65. The minimum Gasteiger partial charge on any atom is -0.355 e. The highest BCUT2D eigenvalue weighted by Crippen LogP contribution is 2.33. The molecule has 0 amide bonds. The average Bonchev–Trinajstić information content (AvgIpc) is 2.43. The van der Waals surface area contributed by atoms with E-state index in [-0.39, 0.29) is 0 Å². The molecule has 0 aromatic carbocycles. The monoisotopic (exact) mass is 335 g/mol. The smallest absolute Gasteiger partial charge is 0.224 e. The van der Waals surface area contributed by atoms with Crippen molar-refractivity contribution >= 4 is 45.1 Å². The Balaban J connectivity index is 2.19. The fourth-order valence-corrected chi connectivity index (χ4v) is 3.46. The van der Waals surface area contributed by atoms with Crippen LogP contribution in [0.2, 0.25) is 5.28 Å². The van der Waals surface area contributed by atoms with Crippen molar-refractivity contribution in [1.82, 2.24) is 9.97 Å². The van der Waals surface area contributed by atoms with Crippen molar-refractivity contribution in [1.29, 1.82) is 0 Å². The molecule has 1 aliphatic rings. The standard InChI is InChI=1S/C11H15BrClN3S/c1-11(2)3-4-16(5-6-17-11)9-8(12)7-14-10(13)15-9/h7H,3-6H2,1-2H3. The average molecular weight is 337 g/mol. The van der Waals surface area contributed by atoms with Crippen molar-refractivity contribution in [2.45, 2.75) is 25.0 Å². The Labute approximate surface area is 119 Å². The highest BCUT2D eigenvalue weighted by Gasteiger charge is 2.25. The molecule has 0 unspecified atom stereocenters. The molecule has 17 heavy (non-hydrogen) atoms. The lowest BCUT2D eigenvalue weighted by Gasteiger charge is -2.24. The Morgan fingerprint density at radius 1 is 1.47 bits per heavy atom. The van der Waals surface area contributed by atoms with Crippen molar-refractivity contribution in [3.8, 4) is 0 Å². The van der Waals surface area contributed by atoms with Crippen LogP contribution in [-0.2, 0) is 0 Å². The summed E-state index contributed by atoms with van der Waals surface area (Å²) in [4.78, 5) is 10.5. The van der Waals surface area contributed by atoms with Crippen LogP contribution in [0.3, 0.4) is 0 Å². The van der Waals surface area contributed by atoms with Crippen LogP contribution >= 0.6 is 39.3 Å². The topological polar surface area (TPSA) is 29.0 Å². The van der Waals surface area contributed by atoms with Gasteiger partial charge in [-0.25, -0.2) is 4.98 Å². The Morgan fingerprint density at radius 2 is 2.24 bits per heavy atom. The van der Waals surface area contributed by atoms with E-state index in [1.165, 1.54) is 0 Å². The molecule has 94 valence electrons.